The van der Waals surface area contributed by atoms with Gasteiger partial charge < -0.3 is 15.5 Å². The Morgan fingerprint density at radius 1 is 1.17 bits per heavy atom. The number of hydrogen-bond acceptors (Lipinski definition) is 7. The van der Waals surface area contributed by atoms with E-state index in [0.717, 1.165) is 35.0 Å². The van der Waals surface area contributed by atoms with Crippen molar-refractivity contribution in [3.05, 3.63) is 65.2 Å². The number of carboxylic acids is 1. The van der Waals surface area contributed by atoms with Gasteiger partial charge in [0.25, 0.3) is 5.91 Å². The van der Waals surface area contributed by atoms with Gasteiger partial charge in [0.15, 0.2) is 5.17 Å². The number of amides is 2. The third kappa shape index (κ3) is 5.54. The molecule has 3 N–H and O–H groups in total. The summed E-state index contributed by atoms with van der Waals surface area (Å²) in [5.74, 6) is -1.96. The highest BCUT2D eigenvalue weighted by Crippen LogP contribution is 2.38. The Bertz CT molecular complexity index is 1190. The Morgan fingerprint density at radius 2 is 1.86 bits per heavy atom. The zero-order chi connectivity index (χ0) is 25.1. The molecule has 0 saturated carbocycles. The van der Waals surface area contributed by atoms with Gasteiger partial charge in [-0.1, -0.05) is 43.0 Å². The third-order valence-electron chi connectivity index (χ3n) is 5.93. The number of aryl methyl sites for hydroxylation is 1. The number of rotatable bonds is 7. The standard InChI is InChI=1S/C25H26N4O5S/c1-3-15-4-6-17(7-5-15)20-12-19(16-8-10-18(30)11-9-16)28-29(20)25-27-23(32)21(35-25)13-22(31)26-14(2)24(33)34/h4-11,14,20-21,30H,3,12-13H2,1-2H3,(H,26,31)(H,33,34). The fourth-order valence-corrected chi connectivity index (χ4v) is 4.95. The van der Waals surface area contributed by atoms with Crippen LogP contribution in [-0.2, 0) is 20.8 Å². The molecular formula is C25H26N4O5S. The Balaban J connectivity index is 1.56. The van der Waals surface area contributed by atoms with E-state index in [1.807, 2.05) is 12.1 Å². The molecule has 0 saturated heterocycles. The quantitative estimate of drug-likeness (QED) is 0.539. The van der Waals surface area contributed by atoms with Crippen LogP contribution in [0.4, 0.5) is 0 Å². The van der Waals surface area contributed by atoms with Crippen molar-refractivity contribution in [3.63, 3.8) is 0 Å². The first-order valence-electron chi connectivity index (χ1n) is 11.3. The van der Waals surface area contributed by atoms with E-state index in [0.29, 0.717) is 11.6 Å². The van der Waals surface area contributed by atoms with Crippen LogP contribution >= 0.6 is 11.8 Å². The second kappa shape index (κ2) is 10.3. The number of carboxylic acid groups (broad SMARTS) is 1. The minimum atomic E-state index is -1.15. The number of carbonyl (C=O) groups is 3. The predicted octanol–water partition coefficient (Wildman–Crippen LogP) is 3.08. The fourth-order valence-electron chi connectivity index (χ4n) is 3.89. The lowest BCUT2D eigenvalue weighted by Crippen LogP contribution is -2.39. The van der Waals surface area contributed by atoms with Crippen LogP contribution in [0.5, 0.6) is 5.75 Å². The Kier molecular flexibility index (Phi) is 7.20. The van der Waals surface area contributed by atoms with Crippen LogP contribution in [0.15, 0.2) is 58.6 Å². The Labute approximate surface area is 206 Å². The average molecular weight is 495 g/mol. The molecule has 0 spiro atoms. The van der Waals surface area contributed by atoms with E-state index in [1.165, 1.54) is 12.5 Å². The SMILES string of the molecule is CCc1ccc(C2CC(c3ccc(O)cc3)=NN2C2=NC(=O)C(CC(=O)NC(C)C(=O)O)S2)cc1. The summed E-state index contributed by atoms with van der Waals surface area (Å²) in [7, 11) is 0. The van der Waals surface area contributed by atoms with Crippen molar-refractivity contribution in [3.8, 4) is 5.75 Å². The topological polar surface area (TPSA) is 132 Å². The summed E-state index contributed by atoms with van der Waals surface area (Å²) >= 11 is 1.16. The van der Waals surface area contributed by atoms with Crippen molar-refractivity contribution in [1.82, 2.24) is 10.3 Å². The van der Waals surface area contributed by atoms with E-state index in [-0.39, 0.29) is 18.2 Å². The number of carbonyl (C=O) groups excluding carboxylic acids is 2. The number of aliphatic carboxylic acids is 1. The average Bonchev–Trinajstić information content (AvgIpc) is 3.43. The normalized spacial score (nSPS) is 20.4. The molecule has 3 atom stereocenters. The number of thioether (sulfide) groups is 1. The predicted molar refractivity (Wildman–Crippen MR) is 133 cm³/mol. The van der Waals surface area contributed by atoms with Gasteiger partial charge in [0, 0.05) is 12.8 Å². The second-order valence-electron chi connectivity index (χ2n) is 8.42. The summed E-state index contributed by atoms with van der Waals surface area (Å²) < 4.78 is 0. The van der Waals surface area contributed by atoms with E-state index in [1.54, 1.807) is 29.3 Å². The largest absolute Gasteiger partial charge is 0.508 e. The minimum absolute atomic E-state index is 0.163. The molecule has 2 aromatic rings. The van der Waals surface area contributed by atoms with Crippen molar-refractivity contribution >= 4 is 40.4 Å². The highest BCUT2D eigenvalue weighted by atomic mass is 32.2. The van der Waals surface area contributed by atoms with Crippen LogP contribution in [0.1, 0.15) is 49.4 Å². The summed E-state index contributed by atoms with van der Waals surface area (Å²) in [4.78, 5) is 40.0. The number of hydrazone groups is 1. The molecule has 2 heterocycles. The van der Waals surface area contributed by atoms with Crippen LogP contribution in [0.25, 0.3) is 0 Å². The number of amidine groups is 1. The lowest BCUT2D eigenvalue weighted by atomic mass is 9.97. The highest BCUT2D eigenvalue weighted by Gasteiger charge is 2.39. The Morgan fingerprint density at radius 3 is 2.49 bits per heavy atom. The number of nitrogens with zero attached hydrogens (tertiary/aromatic N) is 3. The third-order valence-corrected chi connectivity index (χ3v) is 7.07. The van der Waals surface area contributed by atoms with Gasteiger partial charge >= 0.3 is 5.97 Å². The molecule has 10 heteroatoms. The first-order valence-corrected chi connectivity index (χ1v) is 12.2. The molecule has 0 aliphatic carbocycles. The van der Waals surface area contributed by atoms with Gasteiger partial charge in [0.05, 0.1) is 11.8 Å². The molecule has 35 heavy (non-hydrogen) atoms. The van der Waals surface area contributed by atoms with Crippen LogP contribution in [0, 0.1) is 0 Å². The van der Waals surface area contributed by atoms with E-state index >= 15 is 0 Å². The van der Waals surface area contributed by atoms with Gasteiger partial charge in [0.2, 0.25) is 5.91 Å². The molecule has 182 valence electrons. The van der Waals surface area contributed by atoms with Crippen molar-refractivity contribution in [2.45, 2.75) is 50.4 Å². The molecule has 2 aliphatic heterocycles. The van der Waals surface area contributed by atoms with Gasteiger partial charge in [0.1, 0.15) is 17.0 Å². The van der Waals surface area contributed by atoms with Crippen molar-refractivity contribution in [2.75, 3.05) is 0 Å². The number of phenols is 1. The summed E-state index contributed by atoms with van der Waals surface area (Å²) in [6, 6.07) is 13.8. The fraction of sp³-hybridized carbons (Fsp3) is 0.320. The van der Waals surface area contributed by atoms with Gasteiger partial charge in [-0.3, -0.25) is 14.4 Å². The van der Waals surface area contributed by atoms with Crippen molar-refractivity contribution in [2.24, 2.45) is 10.1 Å². The maximum absolute atomic E-state index is 12.6. The van der Waals surface area contributed by atoms with E-state index in [9.17, 15) is 19.5 Å². The van der Waals surface area contributed by atoms with Crippen molar-refractivity contribution in [1.29, 1.82) is 0 Å². The highest BCUT2D eigenvalue weighted by molar-refractivity contribution is 8.15. The molecule has 0 fully saturated rings. The number of benzene rings is 2. The molecule has 2 aliphatic rings. The molecule has 0 radical (unpaired) electrons. The van der Waals surface area contributed by atoms with Crippen molar-refractivity contribution < 1.29 is 24.6 Å². The summed E-state index contributed by atoms with van der Waals surface area (Å²) in [6.07, 6.45) is 1.32. The zero-order valence-corrected chi connectivity index (χ0v) is 20.2. The summed E-state index contributed by atoms with van der Waals surface area (Å²) in [5, 5.41) is 27.2. The number of hydrogen-bond donors (Lipinski definition) is 3. The van der Waals surface area contributed by atoms with E-state index in [2.05, 4.69) is 29.4 Å². The molecule has 0 bridgehead atoms. The van der Waals surface area contributed by atoms with Gasteiger partial charge in [-0.25, -0.2) is 5.01 Å². The first kappa shape index (κ1) is 24.5. The zero-order valence-electron chi connectivity index (χ0n) is 19.3. The lowest BCUT2D eigenvalue weighted by molar-refractivity contribution is -0.141. The van der Waals surface area contributed by atoms with E-state index in [4.69, 9.17) is 10.2 Å². The summed E-state index contributed by atoms with van der Waals surface area (Å²) in [6.45, 7) is 3.45. The summed E-state index contributed by atoms with van der Waals surface area (Å²) in [5.41, 5.74) is 3.88. The molecular weight excluding hydrogens is 468 g/mol. The first-order chi connectivity index (χ1) is 16.7. The minimum Gasteiger partial charge on any atom is -0.508 e. The molecule has 9 nitrogen and oxygen atoms in total. The smallest absolute Gasteiger partial charge is 0.325 e. The Hall–Kier alpha value is -3.66. The molecule has 4 rings (SSSR count). The molecule has 2 aromatic carbocycles. The van der Waals surface area contributed by atoms with Crippen LogP contribution in [0.3, 0.4) is 0 Å². The van der Waals surface area contributed by atoms with Crippen LogP contribution in [0.2, 0.25) is 0 Å². The van der Waals surface area contributed by atoms with Crippen LogP contribution < -0.4 is 5.32 Å². The second-order valence-corrected chi connectivity index (χ2v) is 9.59. The number of nitrogens with one attached hydrogen (secondary N) is 1. The van der Waals surface area contributed by atoms with Gasteiger partial charge in [-0.05, 0) is 54.3 Å². The molecule has 3 unspecified atom stereocenters. The number of phenolic OH excluding ortho intramolecular Hbond substituents is 1. The molecule has 0 aromatic heterocycles. The van der Waals surface area contributed by atoms with Crippen LogP contribution in [-0.4, -0.2) is 55.2 Å². The van der Waals surface area contributed by atoms with E-state index < -0.39 is 29.1 Å². The maximum atomic E-state index is 12.6. The van der Waals surface area contributed by atoms with Gasteiger partial charge in [-0.15, -0.1) is 0 Å². The number of aromatic hydroxyl groups is 1. The van der Waals surface area contributed by atoms with Gasteiger partial charge in [-0.2, -0.15) is 10.1 Å². The number of aliphatic imine (C=N–C) groups is 1. The lowest BCUT2D eigenvalue weighted by Gasteiger charge is -2.23. The monoisotopic (exact) mass is 494 g/mol. The maximum Gasteiger partial charge on any atom is 0.325 e. The molecule has 2 amide bonds.